The van der Waals surface area contributed by atoms with E-state index >= 15 is 0 Å². The van der Waals surface area contributed by atoms with Crippen LogP contribution in [0.25, 0.3) is 0 Å². The molecule has 0 bridgehead atoms. The van der Waals surface area contributed by atoms with Crippen molar-refractivity contribution in [1.29, 1.82) is 0 Å². The van der Waals surface area contributed by atoms with Crippen LogP contribution in [0.5, 0.6) is 0 Å². The van der Waals surface area contributed by atoms with Gasteiger partial charge in [0.05, 0.1) is 0 Å². The van der Waals surface area contributed by atoms with Crippen LogP contribution in [0.2, 0.25) is 0 Å². The SMILES string of the molecule is CCNC1CCC(C)(C)CC1Sc1nc(CC)ns1. The standard InChI is InChI=1S/C14H25N3S2/c1-5-12-16-13(19-17-12)18-11-9-14(3,4)8-7-10(11)15-6-2/h10-11,15H,5-9H2,1-4H3. The van der Waals surface area contributed by atoms with Crippen molar-refractivity contribution in [3.8, 4) is 0 Å². The Morgan fingerprint density at radius 2 is 2.21 bits per heavy atom. The summed E-state index contributed by atoms with van der Waals surface area (Å²) < 4.78 is 5.54. The highest BCUT2D eigenvalue weighted by Gasteiger charge is 2.35. The molecule has 1 saturated carbocycles. The summed E-state index contributed by atoms with van der Waals surface area (Å²) in [5, 5.41) is 4.28. The summed E-state index contributed by atoms with van der Waals surface area (Å²) in [5.74, 6) is 0.988. The molecule has 2 atom stereocenters. The van der Waals surface area contributed by atoms with E-state index in [2.05, 4.69) is 42.4 Å². The number of hydrogen-bond donors (Lipinski definition) is 1. The molecule has 108 valence electrons. The van der Waals surface area contributed by atoms with Crippen LogP contribution in [0.3, 0.4) is 0 Å². The Morgan fingerprint density at radius 1 is 1.42 bits per heavy atom. The molecule has 1 heterocycles. The van der Waals surface area contributed by atoms with E-state index in [1.807, 2.05) is 11.8 Å². The van der Waals surface area contributed by atoms with Crippen molar-refractivity contribution >= 4 is 23.3 Å². The summed E-state index contributed by atoms with van der Waals surface area (Å²) >= 11 is 3.50. The summed E-state index contributed by atoms with van der Waals surface area (Å²) in [6, 6.07) is 0.622. The Morgan fingerprint density at radius 3 is 2.84 bits per heavy atom. The van der Waals surface area contributed by atoms with Gasteiger partial charge in [0.25, 0.3) is 0 Å². The van der Waals surface area contributed by atoms with Gasteiger partial charge in [-0.05, 0) is 42.8 Å². The predicted molar refractivity (Wildman–Crippen MR) is 84.0 cm³/mol. The number of aromatic nitrogens is 2. The fraction of sp³-hybridized carbons (Fsp3) is 0.857. The van der Waals surface area contributed by atoms with Crippen LogP contribution in [0.1, 0.15) is 52.8 Å². The molecule has 19 heavy (non-hydrogen) atoms. The number of nitrogens with zero attached hydrogens (tertiary/aromatic N) is 2. The summed E-state index contributed by atoms with van der Waals surface area (Å²) in [6.07, 6.45) is 4.79. The highest BCUT2D eigenvalue weighted by Crippen LogP contribution is 2.42. The van der Waals surface area contributed by atoms with Gasteiger partial charge in [0.2, 0.25) is 0 Å². The average molecular weight is 300 g/mol. The lowest BCUT2D eigenvalue weighted by Crippen LogP contribution is -2.44. The number of nitrogens with one attached hydrogen (secondary N) is 1. The number of hydrogen-bond acceptors (Lipinski definition) is 5. The minimum atomic E-state index is 0.460. The van der Waals surface area contributed by atoms with E-state index in [4.69, 9.17) is 0 Å². The first-order chi connectivity index (χ1) is 9.04. The van der Waals surface area contributed by atoms with Gasteiger partial charge >= 0.3 is 0 Å². The molecule has 1 aromatic heterocycles. The van der Waals surface area contributed by atoms with Gasteiger partial charge in [-0.1, -0.05) is 39.5 Å². The second kappa shape index (κ2) is 6.55. The normalized spacial score (nSPS) is 26.5. The molecule has 3 nitrogen and oxygen atoms in total. The van der Waals surface area contributed by atoms with Gasteiger partial charge in [0, 0.05) is 17.7 Å². The Balaban J connectivity index is 2.04. The summed E-state index contributed by atoms with van der Waals surface area (Å²) in [7, 11) is 0. The van der Waals surface area contributed by atoms with E-state index < -0.39 is 0 Å². The summed E-state index contributed by atoms with van der Waals surface area (Å²) in [5.41, 5.74) is 0.460. The van der Waals surface area contributed by atoms with Crippen LogP contribution >= 0.6 is 23.3 Å². The Labute approximate surface area is 125 Å². The Bertz CT molecular complexity index is 403. The largest absolute Gasteiger partial charge is 0.313 e. The van der Waals surface area contributed by atoms with Crippen LogP contribution in [-0.2, 0) is 6.42 Å². The molecule has 0 radical (unpaired) electrons. The molecule has 1 aliphatic carbocycles. The van der Waals surface area contributed by atoms with Gasteiger partial charge in [-0.25, -0.2) is 4.98 Å². The minimum Gasteiger partial charge on any atom is -0.313 e. The van der Waals surface area contributed by atoms with Crippen LogP contribution in [-0.4, -0.2) is 27.2 Å². The first kappa shape index (κ1) is 15.3. The van der Waals surface area contributed by atoms with E-state index in [0.29, 0.717) is 16.7 Å². The van der Waals surface area contributed by atoms with E-state index in [-0.39, 0.29) is 0 Å². The Hall–Kier alpha value is -0.130. The molecule has 0 aromatic carbocycles. The second-order valence-corrected chi connectivity index (χ2v) is 8.30. The zero-order valence-electron chi connectivity index (χ0n) is 12.4. The van der Waals surface area contributed by atoms with Gasteiger partial charge in [-0.3, -0.25) is 0 Å². The fourth-order valence-corrected chi connectivity index (χ4v) is 5.20. The minimum absolute atomic E-state index is 0.460. The third kappa shape index (κ3) is 4.17. The molecule has 1 N–H and O–H groups in total. The maximum Gasteiger partial charge on any atom is 0.170 e. The highest BCUT2D eigenvalue weighted by atomic mass is 32.2. The van der Waals surface area contributed by atoms with E-state index in [9.17, 15) is 0 Å². The third-order valence-corrected chi connectivity index (χ3v) is 5.97. The zero-order valence-corrected chi connectivity index (χ0v) is 14.0. The van der Waals surface area contributed by atoms with Crippen LogP contribution < -0.4 is 5.32 Å². The van der Waals surface area contributed by atoms with Crippen molar-refractivity contribution in [2.75, 3.05) is 6.54 Å². The molecule has 0 saturated heterocycles. The summed E-state index contributed by atoms with van der Waals surface area (Å²) in [6.45, 7) is 10.1. The van der Waals surface area contributed by atoms with Crippen molar-refractivity contribution in [2.45, 2.75) is 69.0 Å². The van der Waals surface area contributed by atoms with Gasteiger partial charge in [-0.15, -0.1) is 0 Å². The van der Waals surface area contributed by atoms with Crippen molar-refractivity contribution in [3.05, 3.63) is 5.82 Å². The number of aryl methyl sites for hydroxylation is 1. The highest BCUT2D eigenvalue weighted by molar-refractivity contribution is 8.01. The monoisotopic (exact) mass is 299 g/mol. The predicted octanol–water partition coefficient (Wildman–Crippen LogP) is 3.75. The topological polar surface area (TPSA) is 37.8 Å². The van der Waals surface area contributed by atoms with Gasteiger partial charge in [-0.2, -0.15) is 4.37 Å². The fourth-order valence-electron chi connectivity index (χ4n) is 2.70. The van der Waals surface area contributed by atoms with Crippen molar-refractivity contribution in [1.82, 2.24) is 14.7 Å². The molecule has 0 spiro atoms. The molecular formula is C14H25N3S2. The molecule has 0 aliphatic heterocycles. The maximum atomic E-state index is 4.61. The molecule has 5 heteroatoms. The molecule has 1 aliphatic rings. The molecule has 2 unspecified atom stereocenters. The van der Waals surface area contributed by atoms with Crippen LogP contribution in [0.4, 0.5) is 0 Å². The lowest BCUT2D eigenvalue weighted by molar-refractivity contribution is 0.215. The van der Waals surface area contributed by atoms with Gasteiger partial charge < -0.3 is 5.32 Å². The van der Waals surface area contributed by atoms with Crippen LogP contribution in [0.15, 0.2) is 4.34 Å². The van der Waals surface area contributed by atoms with E-state index in [1.165, 1.54) is 19.3 Å². The maximum absolute atomic E-state index is 4.61. The molecule has 1 fully saturated rings. The van der Waals surface area contributed by atoms with Crippen molar-refractivity contribution in [2.24, 2.45) is 5.41 Å². The zero-order chi connectivity index (χ0) is 13.9. The van der Waals surface area contributed by atoms with Gasteiger partial charge in [0.15, 0.2) is 4.34 Å². The third-order valence-electron chi connectivity index (χ3n) is 3.82. The van der Waals surface area contributed by atoms with E-state index in [0.717, 1.165) is 23.1 Å². The molecule has 1 aromatic rings. The quantitative estimate of drug-likeness (QED) is 0.898. The molecule has 2 rings (SSSR count). The average Bonchev–Trinajstić information content (AvgIpc) is 2.80. The second-order valence-electron chi connectivity index (χ2n) is 6.06. The van der Waals surface area contributed by atoms with E-state index in [1.54, 1.807) is 11.5 Å². The number of thioether (sulfide) groups is 1. The molecular weight excluding hydrogens is 274 g/mol. The Kier molecular flexibility index (Phi) is 5.26. The van der Waals surface area contributed by atoms with Crippen LogP contribution in [0, 0.1) is 5.41 Å². The molecule has 0 amide bonds. The lowest BCUT2D eigenvalue weighted by Gasteiger charge is -2.40. The first-order valence-corrected chi connectivity index (χ1v) is 8.92. The van der Waals surface area contributed by atoms with Gasteiger partial charge in [0.1, 0.15) is 5.82 Å². The van der Waals surface area contributed by atoms with Crippen molar-refractivity contribution in [3.63, 3.8) is 0 Å². The first-order valence-electron chi connectivity index (χ1n) is 7.26. The van der Waals surface area contributed by atoms with Crippen molar-refractivity contribution < 1.29 is 0 Å². The lowest BCUT2D eigenvalue weighted by atomic mass is 9.75. The summed E-state index contributed by atoms with van der Waals surface area (Å²) in [4.78, 5) is 4.61. The smallest absolute Gasteiger partial charge is 0.170 e. The number of rotatable bonds is 5.